The molecule has 1 amide bonds. The molecule has 2 fully saturated rings. The third kappa shape index (κ3) is 5.47. The number of anilines is 1. The summed E-state index contributed by atoms with van der Waals surface area (Å²) in [4.78, 5) is 26.0. The van der Waals surface area contributed by atoms with Crippen LogP contribution in [-0.4, -0.2) is 70.1 Å². The Morgan fingerprint density at radius 2 is 1.95 bits per heavy atom. The Morgan fingerprint density at radius 3 is 2.68 bits per heavy atom. The molecular weight excluding hydrogens is 523 g/mol. The molecule has 2 aromatic heterocycles. The maximum absolute atomic E-state index is 13.6. The lowest BCUT2D eigenvalue weighted by Gasteiger charge is -2.18. The number of likely N-dealkylation sites (tertiary alicyclic amines) is 1. The lowest BCUT2D eigenvalue weighted by molar-refractivity contribution is -0.125. The molecule has 1 aliphatic heterocycles. The number of ether oxygens (including phenoxy) is 2. The van der Waals surface area contributed by atoms with E-state index in [9.17, 15) is 9.18 Å². The number of likely N-dealkylation sites (N-methyl/N-ethyl adjacent to an activating group) is 1. The van der Waals surface area contributed by atoms with Crippen molar-refractivity contribution in [1.82, 2.24) is 24.3 Å². The topological polar surface area (TPSA) is 98.7 Å². The standard InChI is InChI=1S/C31H33FN6O3/c1-36(22-10-11-22)15-4-7-26(39)37-16-14-23(18-37)38-30-28(29(33)34-19-35-30)27(31(38)40-2)20-8-12-24(13-9-20)41-25-6-3-5-21(32)17-25/h3-9,12-13,17,19,22-23H,10-11,14-16,18H2,1-2H3,(H2,33,34,35). The summed E-state index contributed by atoms with van der Waals surface area (Å²) < 4.78 is 27.4. The van der Waals surface area contributed by atoms with E-state index in [2.05, 4.69) is 21.9 Å². The molecule has 0 radical (unpaired) electrons. The minimum Gasteiger partial charge on any atom is -0.482 e. The zero-order valence-electron chi connectivity index (χ0n) is 23.2. The van der Waals surface area contributed by atoms with E-state index in [1.54, 1.807) is 25.3 Å². The van der Waals surface area contributed by atoms with Gasteiger partial charge in [0.1, 0.15) is 35.1 Å². The molecule has 1 saturated carbocycles. The first kappa shape index (κ1) is 26.8. The Kier molecular flexibility index (Phi) is 7.32. The Balaban J connectivity index is 1.27. The number of halogens is 1. The Morgan fingerprint density at radius 1 is 1.15 bits per heavy atom. The minimum absolute atomic E-state index is 0.00961. The van der Waals surface area contributed by atoms with Crippen LogP contribution in [0.25, 0.3) is 22.2 Å². The van der Waals surface area contributed by atoms with Crippen LogP contribution < -0.4 is 15.2 Å². The van der Waals surface area contributed by atoms with Crippen LogP contribution in [0, 0.1) is 5.82 Å². The Hall–Kier alpha value is -4.44. The smallest absolute Gasteiger partial charge is 0.246 e. The summed E-state index contributed by atoms with van der Waals surface area (Å²) in [6, 6.07) is 14.0. The maximum Gasteiger partial charge on any atom is 0.246 e. The van der Waals surface area contributed by atoms with Crippen molar-refractivity contribution in [1.29, 1.82) is 0 Å². The lowest BCUT2D eigenvalue weighted by atomic mass is 10.1. The number of benzene rings is 2. The van der Waals surface area contributed by atoms with Crippen LogP contribution in [0.1, 0.15) is 25.3 Å². The second-order valence-electron chi connectivity index (χ2n) is 10.6. The van der Waals surface area contributed by atoms with Gasteiger partial charge in [0.05, 0.1) is 24.1 Å². The number of nitrogen functional groups attached to an aromatic ring is 1. The number of hydrogen-bond donors (Lipinski definition) is 1. The molecule has 1 unspecified atom stereocenters. The molecular formula is C31H33FN6O3. The van der Waals surface area contributed by atoms with E-state index in [1.807, 2.05) is 39.8 Å². The van der Waals surface area contributed by atoms with Gasteiger partial charge in [-0.15, -0.1) is 0 Å². The summed E-state index contributed by atoms with van der Waals surface area (Å²) in [6.45, 7) is 1.94. The van der Waals surface area contributed by atoms with Crippen LogP contribution >= 0.6 is 0 Å². The van der Waals surface area contributed by atoms with Gasteiger partial charge in [0.25, 0.3) is 0 Å². The summed E-state index contributed by atoms with van der Waals surface area (Å²) >= 11 is 0. The molecule has 41 heavy (non-hydrogen) atoms. The highest BCUT2D eigenvalue weighted by atomic mass is 19.1. The summed E-state index contributed by atoms with van der Waals surface area (Å²) in [6.07, 6.45) is 8.32. The predicted molar refractivity (Wildman–Crippen MR) is 155 cm³/mol. The van der Waals surface area contributed by atoms with Gasteiger partial charge in [0.2, 0.25) is 11.8 Å². The summed E-state index contributed by atoms with van der Waals surface area (Å²) in [5.74, 6) is 1.57. The third-order valence-corrected chi connectivity index (χ3v) is 7.80. The van der Waals surface area contributed by atoms with Crippen LogP contribution in [0.3, 0.4) is 0 Å². The molecule has 6 rings (SSSR count). The molecule has 2 aromatic carbocycles. The highest BCUT2D eigenvalue weighted by Gasteiger charge is 2.33. The first-order chi connectivity index (χ1) is 19.9. The van der Waals surface area contributed by atoms with Crippen molar-refractivity contribution in [3.05, 3.63) is 72.8 Å². The van der Waals surface area contributed by atoms with Crippen LogP contribution in [-0.2, 0) is 4.79 Å². The predicted octanol–water partition coefficient (Wildman–Crippen LogP) is 5.04. The maximum atomic E-state index is 13.6. The molecule has 0 bridgehead atoms. The fraction of sp³-hybridized carbons (Fsp3) is 0.323. The van der Waals surface area contributed by atoms with Crippen molar-refractivity contribution in [3.8, 4) is 28.5 Å². The van der Waals surface area contributed by atoms with E-state index in [1.165, 1.54) is 31.3 Å². The molecule has 10 heteroatoms. The second-order valence-corrected chi connectivity index (χ2v) is 10.6. The minimum atomic E-state index is -0.364. The molecule has 2 aliphatic rings. The fourth-order valence-corrected chi connectivity index (χ4v) is 5.54. The summed E-state index contributed by atoms with van der Waals surface area (Å²) in [5, 5.41) is 0.691. The Labute approximate surface area is 238 Å². The van der Waals surface area contributed by atoms with Crippen molar-refractivity contribution in [3.63, 3.8) is 0 Å². The van der Waals surface area contributed by atoms with E-state index in [0.29, 0.717) is 53.4 Å². The Bertz CT molecular complexity index is 1600. The molecule has 9 nitrogen and oxygen atoms in total. The zero-order valence-corrected chi connectivity index (χ0v) is 23.2. The van der Waals surface area contributed by atoms with E-state index in [0.717, 1.165) is 24.1 Å². The van der Waals surface area contributed by atoms with Gasteiger partial charge in [-0.25, -0.2) is 14.4 Å². The van der Waals surface area contributed by atoms with Gasteiger partial charge in [-0.05, 0) is 56.1 Å². The number of rotatable bonds is 9. The van der Waals surface area contributed by atoms with Crippen LogP contribution in [0.15, 0.2) is 67.0 Å². The first-order valence-electron chi connectivity index (χ1n) is 13.8. The number of fused-ring (bicyclic) bond motifs is 1. The highest BCUT2D eigenvalue weighted by molar-refractivity contribution is 6.04. The number of carbonyl (C=O) groups is 1. The monoisotopic (exact) mass is 556 g/mol. The van der Waals surface area contributed by atoms with Gasteiger partial charge < -0.3 is 20.1 Å². The van der Waals surface area contributed by atoms with Gasteiger partial charge in [0, 0.05) is 37.8 Å². The van der Waals surface area contributed by atoms with Gasteiger partial charge in [-0.2, -0.15) is 0 Å². The van der Waals surface area contributed by atoms with E-state index in [4.69, 9.17) is 15.2 Å². The van der Waals surface area contributed by atoms with Crippen LogP contribution in [0.5, 0.6) is 17.4 Å². The summed E-state index contributed by atoms with van der Waals surface area (Å²) in [5.41, 5.74) is 8.67. The number of hydrogen-bond acceptors (Lipinski definition) is 7. The van der Waals surface area contributed by atoms with Crippen molar-refractivity contribution in [2.24, 2.45) is 0 Å². The molecule has 3 heterocycles. The number of methoxy groups -OCH3 is 1. The van der Waals surface area contributed by atoms with Gasteiger partial charge in [-0.1, -0.05) is 24.3 Å². The number of aromatic nitrogens is 3. The quantitative estimate of drug-likeness (QED) is 0.288. The van der Waals surface area contributed by atoms with Gasteiger partial charge in [0.15, 0.2) is 0 Å². The zero-order chi connectivity index (χ0) is 28.5. The van der Waals surface area contributed by atoms with E-state index >= 15 is 0 Å². The average Bonchev–Trinajstić information content (AvgIpc) is 3.61. The van der Waals surface area contributed by atoms with Crippen molar-refractivity contribution in [2.45, 2.75) is 31.3 Å². The average molecular weight is 557 g/mol. The van der Waals surface area contributed by atoms with Crippen LogP contribution in [0.2, 0.25) is 0 Å². The molecule has 212 valence electrons. The SMILES string of the molecule is COc1c(-c2ccc(Oc3cccc(F)c3)cc2)c2c(N)ncnc2n1C1CCN(C(=O)C=CCN(C)C2CC2)C1. The molecule has 1 saturated heterocycles. The lowest BCUT2D eigenvalue weighted by Crippen LogP contribution is -2.28. The molecule has 0 spiro atoms. The van der Waals surface area contributed by atoms with Crippen LogP contribution in [0.4, 0.5) is 10.2 Å². The molecule has 1 aliphatic carbocycles. The molecule has 1 atom stereocenters. The number of amides is 1. The number of carbonyl (C=O) groups excluding carboxylic acids is 1. The van der Waals surface area contributed by atoms with Crippen molar-refractivity contribution < 1.29 is 18.7 Å². The van der Waals surface area contributed by atoms with Gasteiger partial charge in [-0.3, -0.25) is 14.3 Å². The fourth-order valence-electron chi connectivity index (χ4n) is 5.54. The third-order valence-electron chi connectivity index (χ3n) is 7.80. The largest absolute Gasteiger partial charge is 0.482 e. The first-order valence-corrected chi connectivity index (χ1v) is 13.8. The normalized spacial score (nSPS) is 17.2. The van der Waals surface area contributed by atoms with E-state index < -0.39 is 0 Å². The van der Waals surface area contributed by atoms with E-state index in [-0.39, 0.29) is 17.8 Å². The highest BCUT2D eigenvalue weighted by Crippen LogP contribution is 2.45. The molecule has 2 N–H and O–H groups in total. The van der Waals surface area contributed by atoms with Crippen molar-refractivity contribution in [2.75, 3.05) is 39.5 Å². The number of nitrogens with two attached hydrogens (primary N) is 1. The number of nitrogens with zero attached hydrogens (tertiary/aromatic N) is 5. The van der Waals surface area contributed by atoms with Crippen molar-refractivity contribution >= 4 is 22.8 Å². The second kappa shape index (κ2) is 11.2. The summed E-state index contributed by atoms with van der Waals surface area (Å²) in [7, 11) is 3.72. The molecule has 4 aromatic rings. The van der Waals surface area contributed by atoms with Gasteiger partial charge >= 0.3 is 0 Å².